The number of halogens is 2. The van der Waals surface area contributed by atoms with Crippen molar-refractivity contribution in [2.24, 2.45) is 0 Å². The summed E-state index contributed by atoms with van der Waals surface area (Å²) in [6.45, 7) is 10.9. The monoisotopic (exact) mass is 598 g/mol. The molecule has 0 heterocycles. The van der Waals surface area contributed by atoms with Gasteiger partial charge in [0.25, 0.3) is 0 Å². The standard InChI is InChI=1S/C33H40Cl2N2O4/c1-6-40-29-17-14-24(21-30(29)41-7-2)15-18-31(38)37(22-25-13-16-26(34)27(35)19-25)28(32(39)36-33(3,4)5)20-23-11-9-8-10-12-23/h8-14,16-17,19,21,28H,6-7,15,18,20,22H2,1-5H3,(H,36,39)/t28-/m0/s1. The number of nitrogens with zero attached hydrogens (tertiary/aromatic N) is 1. The molecule has 0 fully saturated rings. The number of benzene rings is 3. The summed E-state index contributed by atoms with van der Waals surface area (Å²) in [5.41, 5.74) is 2.22. The number of hydrogen-bond donors (Lipinski definition) is 1. The lowest BCUT2D eigenvalue weighted by molar-refractivity contribution is -0.141. The van der Waals surface area contributed by atoms with Crippen molar-refractivity contribution < 1.29 is 19.1 Å². The molecule has 0 saturated carbocycles. The second kappa shape index (κ2) is 15.1. The number of carbonyl (C=O) groups is 2. The van der Waals surface area contributed by atoms with Crippen LogP contribution in [0.4, 0.5) is 0 Å². The summed E-state index contributed by atoms with van der Waals surface area (Å²) in [6, 6.07) is 20.0. The molecule has 3 rings (SSSR count). The largest absolute Gasteiger partial charge is 0.490 e. The van der Waals surface area contributed by atoms with E-state index < -0.39 is 11.6 Å². The van der Waals surface area contributed by atoms with Crippen LogP contribution in [0.5, 0.6) is 11.5 Å². The summed E-state index contributed by atoms with van der Waals surface area (Å²) in [7, 11) is 0. The number of aryl methyl sites for hydroxylation is 1. The maximum Gasteiger partial charge on any atom is 0.243 e. The van der Waals surface area contributed by atoms with Crippen LogP contribution in [0.15, 0.2) is 66.7 Å². The topological polar surface area (TPSA) is 67.9 Å². The van der Waals surface area contributed by atoms with Gasteiger partial charge in [0, 0.05) is 24.9 Å². The average Bonchev–Trinajstić information content (AvgIpc) is 2.92. The summed E-state index contributed by atoms with van der Waals surface area (Å²) in [6.07, 6.45) is 1.05. The molecule has 0 aliphatic rings. The van der Waals surface area contributed by atoms with Crippen LogP contribution in [-0.4, -0.2) is 41.5 Å². The number of rotatable bonds is 13. The number of ether oxygens (including phenoxy) is 2. The Morgan fingerprint density at radius 2 is 1.49 bits per heavy atom. The van der Waals surface area contributed by atoms with E-state index in [-0.39, 0.29) is 24.8 Å². The molecule has 220 valence electrons. The molecule has 0 unspecified atom stereocenters. The predicted molar refractivity (Wildman–Crippen MR) is 166 cm³/mol. The molecule has 0 radical (unpaired) electrons. The van der Waals surface area contributed by atoms with Crippen LogP contribution in [-0.2, 0) is 29.0 Å². The van der Waals surface area contributed by atoms with E-state index in [2.05, 4.69) is 5.32 Å². The molecule has 0 aliphatic heterocycles. The van der Waals surface area contributed by atoms with E-state index in [1.54, 1.807) is 17.0 Å². The zero-order valence-electron chi connectivity index (χ0n) is 24.5. The number of amides is 2. The summed E-state index contributed by atoms with van der Waals surface area (Å²) < 4.78 is 11.5. The Hall–Kier alpha value is -3.22. The maximum atomic E-state index is 14.0. The fourth-order valence-corrected chi connectivity index (χ4v) is 4.81. The Morgan fingerprint density at radius 3 is 2.12 bits per heavy atom. The molecule has 2 amide bonds. The van der Waals surface area contributed by atoms with Gasteiger partial charge >= 0.3 is 0 Å². The van der Waals surface area contributed by atoms with Crippen molar-refractivity contribution >= 4 is 35.0 Å². The molecule has 6 nitrogen and oxygen atoms in total. The van der Waals surface area contributed by atoms with E-state index >= 15 is 0 Å². The summed E-state index contributed by atoms with van der Waals surface area (Å²) >= 11 is 12.5. The van der Waals surface area contributed by atoms with E-state index in [1.807, 2.05) is 89.2 Å². The van der Waals surface area contributed by atoms with E-state index in [9.17, 15) is 9.59 Å². The third-order valence-electron chi connectivity index (χ3n) is 6.34. The molecule has 1 atom stereocenters. The lowest BCUT2D eigenvalue weighted by Gasteiger charge is -2.34. The lowest BCUT2D eigenvalue weighted by Crippen LogP contribution is -2.54. The smallest absolute Gasteiger partial charge is 0.243 e. The van der Waals surface area contributed by atoms with Gasteiger partial charge in [-0.05, 0) is 82.0 Å². The summed E-state index contributed by atoms with van der Waals surface area (Å²) in [5.74, 6) is 0.966. The quantitative estimate of drug-likeness (QED) is 0.224. The highest BCUT2D eigenvalue weighted by molar-refractivity contribution is 6.42. The first-order valence-corrected chi connectivity index (χ1v) is 14.7. The van der Waals surface area contributed by atoms with Gasteiger partial charge in [0.2, 0.25) is 11.8 Å². The van der Waals surface area contributed by atoms with Crippen LogP contribution >= 0.6 is 23.2 Å². The molecule has 0 aliphatic carbocycles. The van der Waals surface area contributed by atoms with E-state index in [4.69, 9.17) is 32.7 Å². The van der Waals surface area contributed by atoms with E-state index in [0.717, 1.165) is 16.7 Å². The van der Waals surface area contributed by atoms with Crippen molar-refractivity contribution in [3.63, 3.8) is 0 Å². The Morgan fingerprint density at radius 1 is 0.829 bits per heavy atom. The second-order valence-corrected chi connectivity index (χ2v) is 11.7. The van der Waals surface area contributed by atoms with Crippen molar-refractivity contribution in [3.05, 3.63) is 93.5 Å². The van der Waals surface area contributed by atoms with Gasteiger partial charge in [-0.25, -0.2) is 0 Å². The fraction of sp³-hybridized carbons (Fsp3) is 0.394. The minimum absolute atomic E-state index is 0.145. The first kappa shape index (κ1) is 32.3. The number of carbonyl (C=O) groups excluding carboxylic acids is 2. The van der Waals surface area contributed by atoms with Crippen LogP contribution in [0.2, 0.25) is 10.0 Å². The molecular formula is C33H40Cl2N2O4. The zero-order chi connectivity index (χ0) is 30.0. The predicted octanol–water partition coefficient (Wildman–Crippen LogP) is 7.28. The van der Waals surface area contributed by atoms with Crippen LogP contribution in [0.25, 0.3) is 0 Å². The van der Waals surface area contributed by atoms with E-state index in [0.29, 0.717) is 47.6 Å². The maximum absolute atomic E-state index is 14.0. The second-order valence-electron chi connectivity index (χ2n) is 10.9. The molecular weight excluding hydrogens is 559 g/mol. The summed E-state index contributed by atoms with van der Waals surface area (Å²) in [4.78, 5) is 29.4. The summed E-state index contributed by atoms with van der Waals surface area (Å²) in [5, 5.41) is 3.91. The first-order valence-electron chi connectivity index (χ1n) is 14.0. The SMILES string of the molecule is CCOc1ccc(CCC(=O)N(Cc2ccc(Cl)c(Cl)c2)[C@@H](Cc2ccccc2)C(=O)NC(C)(C)C)cc1OCC. The van der Waals surface area contributed by atoms with Crippen molar-refractivity contribution in [3.8, 4) is 11.5 Å². The highest BCUT2D eigenvalue weighted by Crippen LogP contribution is 2.29. The lowest BCUT2D eigenvalue weighted by atomic mass is 9.99. The van der Waals surface area contributed by atoms with Gasteiger partial charge < -0.3 is 19.7 Å². The Kier molecular flexibility index (Phi) is 11.9. The zero-order valence-corrected chi connectivity index (χ0v) is 26.0. The normalized spacial score (nSPS) is 12.0. The minimum atomic E-state index is -0.738. The molecule has 1 N–H and O–H groups in total. The molecule has 3 aromatic rings. The molecule has 0 bridgehead atoms. The highest BCUT2D eigenvalue weighted by atomic mass is 35.5. The van der Waals surface area contributed by atoms with Crippen molar-refractivity contribution in [1.82, 2.24) is 10.2 Å². The molecule has 0 aromatic heterocycles. The van der Waals surface area contributed by atoms with Gasteiger partial charge in [-0.3, -0.25) is 9.59 Å². The van der Waals surface area contributed by atoms with Gasteiger partial charge in [-0.2, -0.15) is 0 Å². The van der Waals surface area contributed by atoms with Gasteiger partial charge in [-0.1, -0.05) is 65.7 Å². The van der Waals surface area contributed by atoms with Crippen LogP contribution in [0.3, 0.4) is 0 Å². The van der Waals surface area contributed by atoms with Gasteiger partial charge in [0.05, 0.1) is 23.3 Å². The third-order valence-corrected chi connectivity index (χ3v) is 7.08. The van der Waals surface area contributed by atoms with E-state index in [1.165, 1.54) is 0 Å². The van der Waals surface area contributed by atoms with Crippen LogP contribution in [0, 0.1) is 0 Å². The Balaban J connectivity index is 1.94. The molecule has 3 aromatic carbocycles. The molecule has 0 spiro atoms. The third kappa shape index (κ3) is 9.98. The van der Waals surface area contributed by atoms with Crippen molar-refractivity contribution in [1.29, 1.82) is 0 Å². The molecule has 41 heavy (non-hydrogen) atoms. The van der Waals surface area contributed by atoms with Gasteiger partial charge in [0.1, 0.15) is 6.04 Å². The van der Waals surface area contributed by atoms with Crippen LogP contribution < -0.4 is 14.8 Å². The highest BCUT2D eigenvalue weighted by Gasteiger charge is 2.32. The number of hydrogen-bond acceptors (Lipinski definition) is 4. The fourth-order valence-electron chi connectivity index (χ4n) is 4.49. The average molecular weight is 600 g/mol. The molecule has 0 saturated heterocycles. The van der Waals surface area contributed by atoms with Crippen LogP contribution in [0.1, 0.15) is 57.7 Å². The Bertz CT molecular complexity index is 1310. The Labute approximate surface area is 253 Å². The van der Waals surface area contributed by atoms with Crippen molar-refractivity contribution in [2.75, 3.05) is 13.2 Å². The van der Waals surface area contributed by atoms with Crippen molar-refractivity contribution in [2.45, 2.75) is 72.0 Å². The van der Waals surface area contributed by atoms with Gasteiger partial charge in [-0.15, -0.1) is 0 Å². The van der Waals surface area contributed by atoms with Gasteiger partial charge in [0.15, 0.2) is 11.5 Å². The molecule has 8 heteroatoms. The first-order chi connectivity index (χ1) is 19.5. The number of nitrogens with one attached hydrogen (secondary N) is 1. The minimum Gasteiger partial charge on any atom is -0.490 e.